The van der Waals surface area contributed by atoms with Crippen molar-refractivity contribution in [1.82, 2.24) is 9.97 Å². The van der Waals surface area contributed by atoms with E-state index in [0.29, 0.717) is 22.0 Å². The van der Waals surface area contributed by atoms with Crippen LogP contribution >= 0.6 is 11.6 Å². The lowest BCUT2D eigenvalue weighted by Gasteiger charge is -2.15. The number of hydrogen-bond donors (Lipinski definition) is 1. The summed E-state index contributed by atoms with van der Waals surface area (Å²) in [5.41, 5.74) is 2.79. The molecule has 0 saturated carbocycles. The number of anilines is 2. The molecule has 0 radical (unpaired) electrons. The first-order valence-electron chi connectivity index (χ1n) is 9.46. The fourth-order valence-corrected chi connectivity index (χ4v) is 3.54. The minimum Gasteiger partial charge on any atom is -0.495 e. The molecule has 3 aromatic rings. The van der Waals surface area contributed by atoms with Crippen molar-refractivity contribution in [3.05, 3.63) is 65.4 Å². The van der Waals surface area contributed by atoms with E-state index in [1.165, 1.54) is 12.8 Å². The van der Waals surface area contributed by atoms with E-state index in [1.54, 1.807) is 43.8 Å². The van der Waals surface area contributed by atoms with Crippen LogP contribution in [0, 0.1) is 0 Å². The Hall–Kier alpha value is -3.12. The van der Waals surface area contributed by atoms with Gasteiger partial charge in [-0.2, -0.15) is 0 Å². The Kier molecular flexibility index (Phi) is 5.62. The van der Waals surface area contributed by atoms with Gasteiger partial charge in [-0.15, -0.1) is 0 Å². The molecule has 1 saturated heterocycles. The quantitative estimate of drug-likeness (QED) is 0.665. The van der Waals surface area contributed by atoms with Crippen molar-refractivity contribution in [2.24, 2.45) is 0 Å². The standard InChI is InChI=1S/C22H21ClN4O2/c1-29-20-8-7-18(23)12-19(20)26-21(28)16-6-4-5-15(11-16)17-13-24-22(25-14-17)27-9-2-3-10-27/h4-8,11-14H,2-3,9-10H2,1H3,(H,26,28). The highest BCUT2D eigenvalue weighted by molar-refractivity contribution is 6.31. The minimum atomic E-state index is -0.248. The van der Waals surface area contributed by atoms with Crippen molar-refractivity contribution in [2.75, 3.05) is 30.4 Å². The number of benzene rings is 2. The number of amides is 1. The lowest BCUT2D eigenvalue weighted by Crippen LogP contribution is -2.20. The maximum Gasteiger partial charge on any atom is 0.255 e. The van der Waals surface area contributed by atoms with E-state index in [1.807, 2.05) is 18.2 Å². The fraction of sp³-hybridized carbons (Fsp3) is 0.227. The smallest absolute Gasteiger partial charge is 0.255 e. The minimum absolute atomic E-state index is 0.248. The second-order valence-electron chi connectivity index (χ2n) is 6.85. The second-order valence-corrected chi connectivity index (χ2v) is 7.28. The Morgan fingerprint density at radius 2 is 1.83 bits per heavy atom. The molecule has 148 valence electrons. The molecule has 0 unspecified atom stereocenters. The highest BCUT2D eigenvalue weighted by Crippen LogP contribution is 2.28. The summed E-state index contributed by atoms with van der Waals surface area (Å²) in [6.45, 7) is 2.00. The molecule has 2 heterocycles. The number of halogens is 1. The molecule has 1 N–H and O–H groups in total. The van der Waals surface area contributed by atoms with Gasteiger partial charge >= 0.3 is 0 Å². The first-order chi connectivity index (χ1) is 14.1. The summed E-state index contributed by atoms with van der Waals surface area (Å²) in [5.74, 6) is 1.06. The molecule has 1 aliphatic rings. The van der Waals surface area contributed by atoms with Crippen LogP contribution in [-0.2, 0) is 0 Å². The molecule has 1 aliphatic heterocycles. The number of carbonyl (C=O) groups is 1. The Balaban J connectivity index is 1.54. The average Bonchev–Trinajstić information content (AvgIpc) is 3.29. The lowest BCUT2D eigenvalue weighted by atomic mass is 10.1. The molecule has 2 aromatic carbocycles. The molecular weight excluding hydrogens is 388 g/mol. The van der Waals surface area contributed by atoms with Crippen LogP contribution in [0.25, 0.3) is 11.1 Å². The van der Waals surface area contributed by atoms with Gasteiger partial charge in [0.15, 0.2) is 0 Å². The van der Waals surface area contributed by atoms with Gasteiger partial charge in [-0.3, -0.25) is 4.79 Å². The van der Waals surface area contributed by atoms with Gasteiger partial charge in [-0.05, 0) is 48.7 Å². The number of methoxy groups -OCH3 is 1. The SMILES string of the molecule is COc1ccc(Cl)cc1NC(=O)c1cccc(-c2cnc(N3CCCC3)nc2)c1. The summed E-state index contributed by atoms with van der Waals surface area (Å²) in [6, 6.07) is 12.4. The van der Waals surface area contributed by atoms with Crippen LogP contribution in [-0.4, -0.2) is 36.1 Å². The van der Waals surface area contributed by atoms with E-state index in [9.17, 15) is 4.79 Å². The molecule has 1 amide bonds. The number of aromatic nitrogens is 2. The van der Waals surface area contributed by atoms with Gasteiger partial charge < -0.3 is 15.0 Å². The van der Waals surface area contributed by atoms with E-state index in [4.69, 9.17) is 16.3 Å². The van der Waals surface area contributed by atoms with Gasteiger partial charge in [0.1, 0.15) is 5.75 Å². The van der Waals surface area contributed by atoms with Crippen LogP contribution in [0.15, 0.2) is 54.9 Å². The van der Waals surface area contributed by atoms with Gasteiger partial charge in [-0.25, -0.2) is 9.97 Å². The molecular formula is C22H21ClN4O2. The third-order valence-corrected chi connectivity index (χ3v) is 5.13. The third kappa shape index (κ3) is 4.32. The first kappa shape index (κ1) is 19.2. The molecule has 1 fully saturated rings. The van der Waals surface area contributed by atoms with Crippen molar-refractivity contribution in [1.29, 1.82) is 0 Å². The predicted molar refractivity (Wildman–Crippen MR) is 115 cm³/mol. The van der Waals surface area contributed by atoms with Crippen molar-refractivity contribution >= 4 is 29.1 Å². The highest BCUT2D eigenvalue weighted by Gasteiger charge is 2.15. The van der Waals surface area contributed by atoms with Gasteiger partial charge in [0.05, 0.1) is 12.8 Å². The van der Waals surface area contributed by atoms with E-state index >= 15 is 0 Å². The monoisotopic (exact) mass is 408 g/mol. The number of ether oxygens (including phenoxy) is 1. The van der Waals surface area contributed by atoms with Gasteiger partial charge in [0, 0.05) is 41.6 Å². The predicted octanol–water partition coefficient (Wildman–Crippen LogP) is 4.66. The van der Waals surface area contributed by atoms with Crippen LogP contribution in [0.5, 0.6) is 5.75 Å². The van der Waals surface area contributed by atoms with Gasteiger partial charge in [0.25, 0.3) is 5.91 Å². The van der Waals surface area contributed by atoms with E-state index in [0.717, 1.165) is 30.2 Å². The topological polar surface area (TPSA) is 67.3 Å². The van der Waals surface area contributed by atoms with Crippen LogP contribution in [0.2, 0.25) is 5.02 Å². The zero-order valence-electron chi connectivity index (χ0n) is 16.1. The Labute approximate surface area is 174 Å². The number of hydrogen-bond acceptors (Lipinski definition) is 5. The van der Waals surface area contributed by atoms with Gasteiger partial charge in [-0.1, -0.05) is 23.7 Å². The van der Waals surface area contributed by atoms with Crippen LogP contribution in [0.4, 0.5) is 11.6 Å². The van der Waals surface area contributed by atoms with Crippen molar-refractivity contribution in [3.63, 3.8) is 0 Å². The Morgan fingerprint density at radius 3 is 2.55 bits per heavy atom. The molecule has 0 spiro atoms. The van der Waals surface area contributed by atoms with E-state index in [2.05, 4.69) is 20.2 Å². The number of carbonyl (C=O) groups excluding carboxylic acids is 1. The fourth-order valence-electron chi connectivity index (χ4n) is 3.36. The summed E-state index contributed by atoms with van der Waals surface area (Å²) < 4.78 is 5.29. The molecule has 1 aromatic heterocycles. The zero-order chi connectivity index (χ0) is 20.2. The zero-order valence-corrected chi connectivity index (χ0v) is 16.8. The number of nitrogens with zero attached hydrogens (tertiary/aromatic N) is 3. The summed E-state index contributed by atoms with van der Waals surface area (Å²) in [7, 11) is 1.55. The van der Waals surface area contributed by atoms with E-state index in [-0.39, 0.29) is 5.91 Å². The van der Waals surface area contributed by atoms with E-state index < -0.39 is 0 Å². The lowest BCUT2D eigenvalue weighted by molar-refractivity contribution is 0.102. The number of rotatable bonds is 5. The molecule has 4 rings (SSSR count). The van der Waals surface area contributed by atoms with Crippen molar-refractivity contribution < 1.29 is 9.53 Å². The number of nitrogens with one attached hydrogen (secondary N) is 1. The van der Waals surface area contributed by atoms with Crippen LogP contribution in [0.3, 0.4) is 0 Å². The third-order valence-electron chi connectivity index (χ3n) is 4.89. The normalized spacial score (nSPS) is 13.4. The van der Waals surface area contributed by atoms with Gasteiger partial charge in [0.2, 0.25) is 5.95 Å². The maximum absolute atomic E-state index is 12.8. The van der Waals surface area contributed by atoms with Crippen molar-refractivity contribution in [3.8, 4) is 16.9 Å². The first-order valence-corrected chi connectivity index (χ1v) is 9.84. The Morgan fingerprint density at radius 1 is 1.07 bits per heavy atom. The Bertz CT molecular complexity index is 1020. The molecule has 0 bridgehead atoms. The average molecular weight is 409 g/mol. The molecule has 0 aliphatic carbocycles. The molecule has 0 atom stereocenters. The van der Waals surface area contributed by atoms with Crippen LogP contribution < -0.4 is 15.0 Å². The second kappa shape index (κ2) is 8.49. The molecule has 29 heavy (non-hydrogen) atoms. The van der Waals surface area contributed by atoms with Crippen molar-refractivity contribution in [2.45, 2.75) is 12.8 Å². The summed E-state index contributed by atoms with van der Waals surface area (Å²) >= 11 is 6.04. The largest absolute Gasteiger partial charge is 0.495 e. The van der Waals surface area contributed by atoms with Crippen LogP contribution in [0.1, 0.15) is 23.2 Å². The molecule has 6 nitrogen and oxygen atoms in total. The maximum atomic E-state index is 12.8. The highest BCUT2D eigenvalue weighted by atomic mass is 35.5. The summed E-state index contributed by atoms with van der Waals surface area (Å²) in [4.78, 5) is 23.9. The summed E-state index contributed by atoms with van der Waals surface area (Å²) in [6.07, 6.45) is 5.97. The molecule has 7 heteroatoms. The summed E-state index contributed by atoms with van der Waals surface area (Å²) in [5, 5.41) is 3.38.